The Balaban J connectivity index is 1.27. The molecule has 3 heterocycles. The van der Waals surface area contributed by atoms with Crippen molar-refractivity contribution in [3.63, 3.8) is 0 Å². The van der Waals surface area contributed by atoms with Crippen molar-refractivity contribution < 1.29 is 19.1 Å². The molecule has 0 spiro atoms. The summed E-state index contributed by atoms with van der Waals surface area (Å²) in [6, 6.07) is 11.7. The number of carbonyl (C=O) groups excluding carboxylic acids is 2. The van der Waals surface area contributed by atoms with Gasteiger partial charge < -0.3 is 24.2 Å². The van der Waals surface area contributed by atoms with Gasteiger partial charge in [0.25, 0.3) is 0 Å². The molecule has 0 radical (unpaired) electrons. The van der Waals surface area contributed by atoms with Crippen molar-refractivity contribution in [1.29, 1.82) is 0 Å². The molecule has 0 N–H and O–H groups in total. The van der Waals surface area contributed by atoms with Crippen LogP contribution >= 0.6 is 0 Å². The lowest BCUT2D eigenvalue weighted by molar-refractivity contribution is -0.137. The van der Waals surface area contributed by atoms with E-state index >= 15 is 0 Å². The summed E-state index contributed by atoms with van der Waals surface area (Å²) in [6.07, 6.45) is 1.29. The smallest absolute Gasteiger partial charge is 0.409 e. The fraction of sp³-hybridized carbons (Fsp3) is 0.500. The first-order valence-corrected chi connectivity index (χ1v) is 11.5. The Labute approximate surface area is 194 Å². The number of piperazine rings is 1. The Bertz CT molecular complexity index is 934. The Morgan fingerprint density at radius 2 is 1.58 bits per heavy atom. The quantitative estimate of drug-likeness (QED) is 0.688. The molecule has 0 bridgehead atoms. The molecule has 9 heteroatoms. The van der Waals surface area contributed by atoms with Gasteiger partial charge in [0, 0.05) is 50.7 Å². The van der Waals surface area contributed by atoms with Gasteiger partial charge >= 0.3 is 6.09 Å². The standard InChI is InChI=1S/C24H31N5O4/c1-3-33-24(31)29-16-14-28(15-17-29)23(30)19-10-12-27(13-11-19)22-9-8-21(25-26-22)18-4-6-20(32-2)7-5-18/h4-9,19H,3,10-17H2,1-2H3. The third kappa shape index (κ3) is 5.35. The second-order valence-electron chi connectivity index (χ2n) is 8.28. The van der Waals surface area contributed by atoms with E-state index in [2.05, 4.69) is 15.1 Å². The molecule has 1 aromatic carbocycles. The number of amides is 2. The van der Waals surface area contributed by atoms with Gasteiger partial charge in [-0.3, -0.25) is 4.79 Å². The molecule has 1 aromatic heterocycles. The van der Waals surface area contributed by atoms with E-state index in [1.54, 1.807) is 18.9 Å². The number of rotatable bonds is 5. The fourth-order valence-corrected chi connectivity index (χ4v) is 4.35. The zero-order valence-electron chi connectivity index (χ0n) is 19.3. The monoisotopic (exact) mass is 453 g/mol. The fourth-order valence-electron chi connectivity index (χ4n) is 4.35. The van der Waals surface area contributed by atoms with E-state index in [4.69, 9.17) is 9.47 Å². The number of aromatic nitrogens is 2. The number of hydrogen-bond donors (Lipinski definition) is 0. The minimum absolute atomic E-state index is 0.0157. The van der Waals surface area contributed by atoms with Crippen molar-refractivity contribution in [1.82, 2.24) is 20.0 Å². The summed E-state index contributed by atoms with van der Waals surface area (Å²) in [5.41, 5.74) is 1.80. The topological polar surface area (TPSA) is 88.1 Å². The van der Waals surface area contributed by atoms with Crippen LogP contribution in [0.25, 0.3) is 11.3 Å². The minimum atomic E-state index is -0.294. The molecule has 9 nitrogen and oxygen atoms in total. The highest BCUT2D eigenvalue weighted by atomic mass is 16.6. The molecule has 33 heavy (non-hydrogen) atoms. The van der Waals surface area contributed by atoms with Gasteiger partial charge in [0.1, 0.15) is 5.75 Å². The van der Waals surface area contributed by atoms with Gasteiger partial charge in [-0.25, -0.2) is 4.79 Å². The molecular weight excluding hydrogens is 422 g/mol. The van der Waals surface area contributed by atoms with Crippen LogP contribution in [0.15, 0.2) is 36.4 Å². The average Bonchev–Trinajstić information content (AvgIpc) is 2.89. The number of benzene rings is 1. The molecule has 2 aliphatic rings. The van der Waals surface area contributed by atoms with Gasteiger partial charge in [-0.1, -0.05) is 0 Å². The number of ether oxygens (including phenoxy) is 2. The number of carbonyl (C=O) groups is 2. The van der Waals surface area contributed by atoms with Gasteiger partial charge in [-0.15, -0.1) is 10.2 Å². The summed E-state index contributed by atoms with van der Waals surface area (Å²) < 4.78 is 10.3. The average molecular weight is 454 g/mol. The molecule has 4 rings (SSSR count). The zero-order valence-corrected chi connectivity index (χ0v) is 19.3. The molecule has 2 amide bonds. The summed E-state index contributed by atoms with van der Waals surface area (Å²) >= 11 is 0. The van der Waals surface area contributed by atoms with Crippen LogP contribution in [0.2, 0.25) is 0 Å². The molecule has 2 aliphatic heterocycles. The van der Waals surface area contributed by atoms with Gasteiger partial charge in [-0.2, -0.15) is 0 Å². The van der Waals surface area contributed by atoms with E-state index in [-0.39, 0.29) is 17.9 Å². The van der Waals surface area contributed by atoms with Gasteiger partial charge in [0.15, 0.2) is 5.82 Å². The second kappa shape index (κ2) is 10.5. The normalized spacial score (nSPS) is 17.1. The SMILES string of the molecule is CCOC(=O)N1CCN(C(=O)C2CCN(c3ccc(-c4ccc(OC)cc4)nn3)CC2)CC1. The summed E-state index contributed by atoms with van der Waals surface area (Å²) in [4.78, 5) is 30.6. The highest BCUT2D eigenvalue weighted by Crippen LogP contribution is 2.26. The van der Waals surface area contributed by atoms with Crippen LogP contribution in [0.5, 0.6) is 5.75 Å². The van der Waals surface area contributed by atoms with Crippen LogP contribution < -0.4 is 9.64 Å². The van der Waals surface area contributed by atoms with Gasteiger partial charge in [0.2, 0.25) is 5.91 Å². The van der Waals surface area contributed by atoms with Crippen LogP contribution in [0.4, 0.5) is 10.6 Å². The van der Waals surface area contributed by atoms with Crippen molar-refractivity contribution in [2.45, 2.75) is 19.8 Å². The molecule has 2 fully saturated rings. The van der Waals surface area contributed by atoms with E-state index in [1.165, 1.54) is 0 Å². The van der Waals surface area contributed by atoms with Gasteiger partial charge in [0.05, 0.1) is 19.4 Å². The van der Waals surface area contributed by atoms with Crippen molar-refractivity contribution in [2.75, 3.05) is 57.9 Å². The highest BCUT2D eigenvalue weighted by molar-refractivity contribution is 5.79. The minimum Gasteiger partial charge on any atom is -0.497 e. The maximum Gasteiger partial charge on any atom is 0.409 e. The molecule has 2 saturated heterocycles. The highest BCUT2D eigenvalue weighted by Gasteiger charge is 2.32. The molecule has 0 atom stereocenters. The van der Waals surface area contributed by atoms with Crippen molar-refractivity contribution in [3.05, 3.63) is 36.4 Å². The van der Waals surface area contributed by atoms with Crippen LogP contribution in [0.1, 0.15) is 19.8 Å². The van der Waals surface area contributed by atoms with Crippen LogP contribution in [-0.4, -0.2) is 85.0 Å². The number of piperidine rings is 1. The first kappa shape index (κ1) is 22.8. The largest absolute Gasteiger partial charge is 0.497 e. The summed E-state index contributed by atoms with van der Waals surface area (Å²) in [7, 11) is 1.65. The Morgan fingerprint density at radius 1 is 0.909 bits per heavy atom. The van der Waals surface area contributed by atoms with E-state index < -0.39 is 0 Å². The maximum atomic E-state index is 13.0. The van der Waals surface area contributed by atoms with Crippen molar-refractivity contribution in [3.8, 4) is 17.0 Å². The molecule has 176 valence electrons. The Morgan fingerprint density at radius 3 is 2.15 bits per heavy atom. The van der Waals surface area contributed by atoms with E-state index in [0.29, 0.717) is 32.8 Å². The molecule has 0 saturated carbocycles. The van der Waals surface area contributed by atoms with Crippen LogP contribution in [0, 0.1) is 5.92 Å². The summed E-state index contributed by atoms with van der Waals surface area (Å²) in [5, 5.41) is 8.81. The third-order valence-corrected chi connectivity index (χ3v) is 6.32. The lowest BCUT2D eigenvalue weighted by Gasteiger charge is -2.38. The molecule has 2 aromatic rings. The summed E-state index contributed by atoms with van der Waals surface area (Å²) in [5.74, 6) is 1.85. The van der Waals surface area contributed by atoms with E-state index in [9.17, 15) is 9.59 Å². The Hall–Kier alpha value is -3.36. The Kier molecular flexibility index (Phi) is 7.26. The third-order valence-electron chi connectivity index (χ3n) is 6.32. The number of hydrogen-bond acceptors (Lipinski definition) is 7. The van der Waals surface area contributed by atoms with E-state index in [0.717, 1.165) is 48.8 Å². The lowest BCUT2D eigenvalue weighted by Crippen LogP contribution is -2.53. The van der Waals surface area contributed by atoms with Crippen molar-refractivity contribution >= 4 is 17.8 Å². The predicted molar refractivity (Wildman–Crippen MR) is 124 cm³/mol. The zero-order chi connectivity index (χ0) is 23.2. The number of methoxy groups -OCH3 is 1. The molecule has 0 unspecified atom stereocenters. The lowest BCUT2D eigenvalue weighted by atomic mass is 9.95. The van der Waals surface area contributed by atoms with Crippen LogP contribution in [-0.2, 0) is 9.53 Å². The first-order valence-electron chi connectivity index (χ1n) is 11.5. The second-order valence-corrected chi connectivity index (χ2v) is 8.28. The number of nitrogens with zero attached hydrogens (tertiary/aromatic N) is 5. The predicted octanol–water partition coefficient (Wildman–Crippen LogP) is 2.67. The summed E-state index contributed by atoms with van der Waals surface area (Å²) in [6.45, 7) is 5.90. The first-order chi connectivity index (χ1) is 16.1. The number of anilines is 1. The molecule has 0 aliphatic carbocycles. The van der Waals surface area contributed by atoms with Crippen LogP contribution in [0.3, 0.4) is 0 Å². The maximum absolute atomic E-state index is 13.0. The van der Waals surface area contributed by atoms with Crippen molar-refractivity contribution in [2.24, 2.45) is 5.92 Å². The molecular formula is C24H31N5O4. The van der Waals surface area contributed by atoms with E-state index in [1.807, 2.05) is 41.3 Å². The van der Waals surface area contributed by atoms with Gasteiger partial charge in [-0.05, 0) is 56.2 Å².